The zero-order chi connectivity index (χ0) is 16.4. The summed E-state index contributed by atoms with van der Waals surface area (Å²) in [5, 5.41) is 14.7. The molecule has 3 aromatic rings. The summed E-state index contributed by atoms with van der Waals surface area (Å²) in [5.74, 6) is 1.30. The minimum Gasteiger partial charge on any atom is -0.296 e. The minimum absolute atomic E-state index is 0.334. The van der Waals surface area contributed by atoms with E-state index in [0.717, 1.165) is 41.8 Å². The molecule has 3 heterocycles. The Kier molecular flexibility index (Phi) is 4.58. The second kappa shape index (κ2) is 6.99. The molecule has 0 radical (unpaired) electrons. The van der Waals surface area contributed by atoms with E-state index in [1.807, 2.05) is 4.52 Å². The van der Waals surface area contributed by atoms with E-state index >= 15 is 0 Å². The van der Waals surface area contributed by atoms with Gasteiger partial charge in [0, 0.05) is 5.92 Å². The number of piperidine rings is 1. The third-order valence-corrected chi connectivity index (χ3v) is 5.81. The van der Waals surface area contributed by atoms with E-state index in [9.17, 15) is 0 Å². The molecule has 1 fully saturated rings. The predicted octanol–water partition coefficient (Wildman–Crippen LogP) is 3.71. The minimum atomic E-state index is 0.334. The van der Waals surface area contributed by atoms with Gasteiger partial charge in [-0.2, -0.15) is 9.61 Å². The molecule has 0 N–H and O–H groups in total. The number of rotatable bonds is 5. The maximum atomic E-state index is 4.87. The van der Waals surface area contributed by atoms with Crippen LogP contribution in [0, 0.1) is 0 Å². The molecule has 1 aliphatic heterocycles. The molecule has 1 atom stereocenters. The van der Waals surface area contributed by atoms with Crippen molar-refractivity contribution in [2.75, 3.05) is 13.1 Å². The fourth-order valence-electron chi connectivity index (χ4n) is 3.47. The maximum absolute atomic E-state index is 4.87. The van der Waals surface area contributed by atoms with Crippen molar-refractivity contribution in [2.24, 2.45) is 0 Å². The lowest BCUT2D eigenvalue weighted by Crippen LogP contribution is -2.30. The highest BCUT2D eigenvalue weighted by molar-refractivity contribution is 7.16. The van der Waals surface area contributed by atoms with Crippen LogP contribution in [0.25, 0.3) is 4.96 Å². The van der Waals surface area contributed by atoms with Gasteiger partial charge in [-0.1, -0.05) is 55.0 Å². The first kappa shape index (κ1) is 15.7. The Bertz CT molecular complexity index is 788. The lowest BCUT2D eigenvalue weighted by Gasteiger charge is -2.25. The number of benzene rings is 1. The molecule has 1 aromatic carbocycles. The molecule has 1 aliphatic rings. The van der Waals surface area contributed by atoms with E-state index in [1.54, 1.807) is 11.3 Å². The van der Waals surface area contributed by atoms with Gasteiger partial charge in [-0.05, 0) is 37.9 Å². The van der Waals surface area contributed by atoms with Crippen LogP contribution in [-0.4, -0.2) is 37.8 Å². The van der Waals surface area contributed by atoms with Crippen LogP contribution in [0.3, 0.4) is 0 Å². The molecule has 4 rings (SSSR count). The van der Waals surface area contributed by atoms with Gasteiger partial charge in [0.1, 0.15) is 5.01 Å². The van der Waals surface area contributed by atoms with E-state index in [2.05, 4.69) is 52.4 Å². The summed E-state index contributed by atoms with van der Waals surface area (Å²) in [6.07, 6.45) is 4.96. The standard InChI is InChI=1S/C18H23N5S/c1-2-15(14-9-5-3-6-10-14)17-21-23-16(19-20-18(23)24-17)13-22-11-7-4-8-12-22/h3,5-6,9-10,15H,2,4,7-8,11-13H2,1H3. The zero-order valence-corrected chi connectivity index (χ0v) is 14.9. The zero-order valence-electron chi connectivity index (χ0n) is 14.1. The average Bonchev–Trinajstić information content (AvgIpc) is 3.20. The number of nitrogens with zero attached hydrogens (tertiary/aromatic N) is 5. The molecule has 0 aliphatic carbocycles. The first-order chi connectivity index (χ1) is 11.8. The Morgan fingerprint density at radius 3 is 2.62 bits per heavy atom. The number of hydrogen-bond acceptors (Lipinski definition) is 5. The highest BCUT2D eigenvalue weighted by Crippen LogP contribution is 2.31. The van der Waals surface area contributed by atoms with Gasteiger partial charge in [0.25, 0.3) is 0 Å². The normalized spacial score (nSPS) is 17.4. The summed E-state index contributed by atoms with van der Waals surface area (Å²) in [7, 11) is 0. The lowest BCUT2D eigenvalue weighted by molar-refractivity contribution is 0.214. The van der Waals surface area contributed by atoms with Gasteiger partial charge in [0.05, 0.1) is 6.54 Å². The van der Waals surface area contributed by atoms with Crippen LogP contribution in [0.4, 0.5) is 0 Å². The Labute approximate surface area is 146 Å². The molecule has 0 spiro atoms. The molecule has 2 aromatic heterocycles. The van der Waals surface area contributed by atoms with Crippen molar-refractivity contribution in [1.29, 1.82) is 0 Å². The smallest absolute Gasteiger partial charge is 0.234 e. The largest absolute Gasteiger partial charge is 0.296 e. The van der Waals surface area contributed by atoms with Crippen LogP contribution in [0.15, 0.2) is 30.3 Å². The van der Waals surface area contributed by atoms with Crippen molar-refractivity contribution in [2.45, 2.75) is 45.1 Å². The number of likely N-dealkylation sites (tertiary alicyclic amines) is 1. The molecule has 5 nitrogen and oxygen atoms in total. The van der Waals surface area contributed by atoms with E-state index in [1.165, 1.54) is 24.8 Å². The third kappa shape index (κ3) is 3.08. The lowest BCUT2D eigenvalue weighted by atomic mass is 9.97. The van der Waals surface area contributed by atoms with E-state index < -0.39 is 0 Å². The Balaban J connectivity index is 1.61. The van der Waals surface area contributed by atoms with Crippen LogP contribution in [0.1, 0.15) is 54.9 Å². The maximum Gasteiger partial charge on any atom is 0.234 e. The highest BCUT2D eigenvalue weighted by Gasteiger charge is 2.21. The molecular formula is C18H23N5S. The van der Waals surface area contributed by atoms with Crippen molar-refractivity contribution in [1.82, 2.24) is 24.7 Å². The van der Waals surface area contributed by atoms with Crippen molar-refractivity contribution in [3.05, 3.63) is 46.7 Å². The van der Waals surface area contributed by atoms with Crippen LogP contribution in [0.5, 0.6) is 0 Å². The summed E-state index contributed by atoms with van der Waals surface area (Å²) in [5.41, 5.74) is 1.32. The number of aromatic nitrogens is 4. The second-order valence-corrected chi connectivity index (χ2v) is 7.45. The molecule has 0 bridgehead atoms. The van der Waals surface area contributed by atoms with Gasteiger partial charge in [0.15, 0.2) is 5.82 Å². The summed E-state index contributed by atoms with van der Waals surface area (Å²) in [6.45, 7) is 5.39. The molecule has 6 heteroatoms. The third-order valence-electron chi connectivity index (χ3n) is 4.79. The van der Waals surface area contributed by atoms with E-state index in [0.29, 0.717) is 5.92 Å². The molecule has 0 amide bonds. The second-order valence-electron chi connectivity index (χ2n) is 6.46. The van der Waals surface area contributed by atoms with Crippen LogP contribution in [0.2, 0.25) is 0 Å². The molecular weight excluding hydrogens is 318 g/mol. The van der Waals surface area contributed by atoms with Crippen molar-refractivity contribution >= 4 is 16.3 Å². The molecule has 1 unspecified atom stereocenters. The van der Waals surface area contributed by atoms with E-state index in [-0.39, 0.29) is 0 Å². The topological polar surface area (TPSA) is 46.3 Å². The van der Waals surface area contributed by atoms with Gasteiger partial charge >= 0.3 is 0 Å². The van der Waals surface area contributed by atoms with Gasteiger partial charge in [-0.3, -0.25) is 4.90 Å². The number of fused-ring (bicyclic) bond motifs is 1. The Hall–Kier alpha value is -1.79. The van der Waals surface area contributed by atoms with Gasteiger partial charge in [-0.25, -0.2) is 0 Å². The van der Waals surface area contributed by atoms with Crippen molar-refractivity contribution in [3.8, 4) is 0 Å². The van der Waals surface area contributed by atoms with Gasteiger partial charge in [-0.15, -0.1) is 10.2 Å². The summed E-state index contributed by atoms with van der Waals surface area (Å²) in [4.78, 5) is 3.37. The fraction of sp³-hybridized carbons (Fsp3) is 0.500. The average molecular weight is 341 g/mol. The van der Waals surface area contributed by atoms with Gasteiger partial charge in [0.2, 0.25) is 4.96 Å². The predicted molar refractivity (Wildman–Crippen MR) is 96.4 cm³/mol. The molecule has 24 heavy (non-hydrogen) atoms. The van der Waals surface area contributed by atoms with Gasteiger partial charge < -0.3 is 0 Å². The SMILES string of the molecule is CCC(c1ccccc1)c1nn2c(CN3CCCCC3)nnc2s1. The van der Waals surface area contributed by atoms with Crippen molar-refractivity contribution in [3.63, 3.8) is 0 Å². The molecule has 126 valence electrons. The summed E-state index contributed by atoms with van der Waals surface area (Å²) >= 11 is 1.67. The molecule has 1 saturated heterocycles. The van der Waals surface area contributed by atoms with E-state index in [4.69, 9.17) is 5.10 Å². The highest BCUT2D eigenvalue weighted by atomic mass is 32.1. The van der Waals surface area contributed by atoms with Crippen LogP contribution < -0.4 is 0 Å². The first-order valence-electron chi connectivity index (χ1n) is 8.83. The summed E-state index contributed by atoms with van der Waals surface area (Å²) in [6, 6.07) is 10.6. The Morgan fingerprint density at radius 2 is 1.88 bits per heavy atom. The Morgan fingerprint density at radius 1 is 1.08 bits per heavy atom. The molecule has 0 saturated carbocycles. The fourth-order valence-corrected chi connectivity index (χ4v) is 4.54. The van der Waals surface area contributed by atoms with Crippen molar-refractivity contribution < 1.29 is 0 Å². The summed E-state index contributed by atoms with van der Waals surface area (Å²) < 4.78 is 1.96. The quantitative estimate of drug-likeness (QED) is 0.710. The number of hydrogen-bond donors (Lipinski definition) is 0. The first-order valence-corrected chi connectivity index (χ1v) is 9.65. The van der Waals surface area contributed by atoms with Crippen LogP contribution in [-0.2, 0) is 6.54 Å². The van der Waals surface area contributed by atoms with Crippen LogP contribution >= 0.6 is 11.3 Å². The monoisotopic (exact) mass is 341 g/mol.